The summed E-state index contributed by atoms with van der Waals surface area (Å²) in [6.07, 6.45) is 2.32. The third-order valence-corrected chi connectivity index (χ3v) is 2.15. The summed E-state index contributed by atoms with van der Waals surface area (Å²) < 4.78 is 4.94. The van der Waals surface area contributed by atoms with Crippen LogP contribution in [0.2, 0.25) is 0 Å². The van der Waals surface area contributed by atoms with Crippen molar-refractivity contribution in [2.75, 3.05) is 33.4 Å². The number of nitrogens with two attached hydrogens (primary N) is 1. The fourth-order valence-corrected chi connectivity index (χ4v) is 1.24. The van der Waals surface area contributed by atoms with E-state index in [4.69, 9.17) is 10.6 Å². The molecule has 90 valence electrons. The van der Waals surface area contributed by atoms with E-state index in [9.17, 15) is 0 Å². The van der Waals surface area contributed by atoms with Crippen LogP contribution in [0.15, 0.2) is 4.99 Å². The largest absolute Gasteiger partial charge is 0.383 e. The maximum Gasteiger partial charge on any atom is 0.208 e. The highest BCUT2D eigenvalue weighted by atomic mass is 16.5. The number of nitrogens with one attached hydrogen (secondary N) is 1. The second kappa shape index (κ2) is 9.73. The molecule has 0 aliphatic heterocycles. The topological polar surface area (TPSA) is 62.9 Å². The second-order valence-electron chi connectivity index (χ2n) is 3.28. The number of rotatable bonds is 7. The molecule has 3 N–H and O–H groups in total. The molecule has 0 amide bonds. The van der Waals surface area contributed by atoms with Gasteiger partial charge >= 0.3 is 0 Å². The number of ether oxygens (including phenoxy) is 1. The van der Waals surface area contributed by atoms with Crippen molar-refractivity contribution in [3.05, 3.63) is 0 Å². The average Bonchev–Trinajstić information content (AvgIpc) is 2.27. The lowest BCUT2D eigenvalue weighted by Gasteiger charge is -2.23. The van der Waals surface area contributed by atoms with E-state index >= 15 is 0 Å². The van der Waals surface area contributed by atoms with Crippen molar-refractivity contribution in [2.45, 2.75) is 26.7 Å². The van der Waals surface area contributed by atoms with Crippen LogP contribution in [-0.2, 0) is 4.74 Å². The molecule has 0 radical (unpaired) electrons. The molecule has 5 heteroatoms. The van der Waals surface area contributed by atoms with Gasteiger partial charge in [0.05, 0.1) is 13.2 Å². The lowest BCUT2D eigenvalue weighted by atomic mass is 10.3. The number of methoxy groups -OCH3 is 1. The molecule has 0 fully saturated rings. The minimum Gasteiger partial charge on any atom is -0.383 e. The van der Waals surface area contributed by atoms with Crippen LogP contribution in [0.1, 0.15) is 26.7 Å². The average molecular weight is 216 g/mol. The second-order valence-corrected chi connectivity index (χ2v) is 3.28. The van der Waals surface area contributed by atoms with Gasteiger partial charge in [0.1, 0.15) is 0 Å². The highest BCUT2D eigenvalue weighted by Crippen LogP contribution is 1.95. The summed E-state index contributed by atoms with van der Waals surface area (Å²) in [6, 6.07) is 0. The molecule has 0 heterocycles. The van der Waals surface area contributed by atoms with Crippen LogP contribution in [0.3, 0.4) is 0 Å². The standard InChI is InChI=1S/C10H24N4O/c1-4-6-8-14(5-2)10(13-11)12-7-9-15-3/h4-9,11H2,1-3H3,(H,12,13). The summed E-state index contributed by atoms with van der Waals surface area (Å²) in [6.45, 7) is 7.43. The first-order valence-corrected chi connectivity index (χ1v) is 5.55. The van der Waals surface area contributed by atoms with Gasteiger partial charge in [-0.05, 0) is 13.3 Å². The van der Waals surface area contributed by atoms with E-state index in [-0.39, 0.29) is 0 Å². The van der Waals surface area contributed by atoms with Gasteiger partial charge in [-0.25, -0.2) is 10.8 Å². The number of hydrogen-bond donors (Lipinski definition) is 2. The van der Waals surface area contributed by atoms with Crippen LogP contribution in [0.25, 0.3) is 0 Å². The molecule has 15 heavy (non-hydrogen) atoms. The molecular weight excluding hydrogens is 192 g/mol. The molecule has 0 saturated carbocycles. The van der Waals surface area contributed by atoms with Crippen molar-refractivity contribution >= 4 is 5.96 Å². The summed E-state index contributed by atoms with van der Waals surface area (Å²) >= 11 is 0. The quantitative estimate of drug-likeness (QED) is 0.215. The van der Waals surface area contributed by atoms with Gasteiger partial charge in [0.2, 0.25) is 5.96 Å². The van der Waals surface area contributed by atoms with E-state index < -0.39 is 0 Å². The Bertz CT molecular complexity index is 173. The maximum absolute atomic E-state index is 5.44. The van der Waals surface area contributed by atoms with E-state index in [1.807, 2.05) is 0 Å². The van der Waals surface area contributed by atoms with Gasteiger partial charge in [0, 0.05) is 20.2 Å². The predicted octanol–water partition coefficient (Wildman–Crippen LogP) is 0.574. The van der Waals surface area contributed by atoms with Gasteiger partial charge < -0.3 is 9.64 Å². The highest BCUT2D eigenvalue weighted by Gasteiger charge is 2.06. The van der Waals surface area contributed by atoms with Crippen LogP contribution < -0.4 is 11.3 Å². The van der Waals surface area contributed by atoms with Crippen molar-refractivity contribution < 1.29 is 4.74 Å². The molecule has 0 aromatic heterocycles. The lowest BCUT2D eigenvalue weighted by molar-refractivity contribution is 0.207. The van der Waals surface area contributed by atoms with Gasteiger partial charge in [-0.3, -0.25) is 5.43 Å². The molecule has 0 saturated heterocycles. The van der Waals surface area contributed by atoms with Crippen LogP contribution in [-0.4, -0.2) is 44.2 Å². The first-order chi connectivity index (χ1) is 7.29. The monoisotopic (exact) mass is 216 g/mol. The fraction of sp³-hybridized carbons (Fsp3) is 0.900. The molecule has 0 rings (SSSR count). The summed E-state index contributed by atoms with van der Waals surface area (Å²) in [7, 11) is 1.67. The molecule has 0 aromatic carbocycles. The zero-order chi connectivity index (χ0) is 11.5. The lowest BCUT2D eigenvalue weighted by Crippen LogP contribution is -2.45. The minimum absolute atomic E-state index is 0.622. The Labute approximate surface area is 92.7 Å². The number of hydrazine groups is 1. The first-order valence-electron chi connectivity index (χ1n) is 5.55. The Hall–Kier alpha value is -0.810. The van der Waals surface area contributed by atoms with E-state index in [1.165, 1.54) is 6.42 Å². The maximum atomic E-state index is 5.44. The smallest absolute Gasteiger partial charge is 0.208 e. The van der Waals surface area contributed by atoms with E-state index in [0.29, 0.717) is 13.2 Å². The molecular formula is C10H24N4O. The summed E-state index contributed by atoms with van der Waals surface area (Å²) in [5.74, 6) is 6.19. The van der Waals surface area contributed by atoms with E-state index in [0.717, 1.165) is 25.5 Å². The number of hydrogen-bond acceptors (Lipinski definition) is 3. The molecule has 0 aliphatic carbocycles. The van der Waals surface area contributed by atoms with Crippen LogP contribution in [0, 0.1) is 0 Å². The van der Waals surface area contributed by atoms with Gasteiger partial charge in [-0.2, -0.15) is 0 Å². The Morgan fingerprint density at radius 2 is 2.20 bits per heavy atom. The van der Waals surface area contributed by atoms with Gasteiger partial charge in [0.15, 0.2) is 0 Å². The number of guanidine groups is 1. The zero-order valence-electron chi connectivity index (χ0n) is 10.1. The van der Waals surface area contributed by atoms with Crippen molar-refractivity contribution in [2.24, 2.45) is 10.8 Å². The third-order valence-electron chi connectivity index (χ3n) is 2.15. The Balaban J connectivity index is 4.12. The van der Waals surface area contributed by atoms with Crippen LogP contribution in [0.4, 0.5) is 0 Å². The van der Waals surface area contributed by atoms with Gasteiger partial charge in [0.25, 0.3) is 0 Å². The Morgan fingerprint density at radius 1 is 1.47 bits per heavy atom. The normalized spacial score (nSPS) is 11.6. The highest BCUT2D eigenvalue weighted by molar-refractivity contribution is 5.79. The number of nitrogens with zero attached hydrogens (tertiary/aromatic N) is 2. The summed E-state index contributed by atoms with van der Waals surface area (Å²) in [5.41, 5.74) is 2.64. The molecule has 0 unspecified atom stereocenters. The Morgan fingerprint density at radius 3 is 2.67 bits per heavy atom. The molecule has 0 bridgehead atoms. The van der Waals surface area contributed by atoms with Crippen molar-refractivity contribution in [3.8, 4) is 0 Å². The Kier molecular flexibility index (Phi) is 9.21. The predicted molar refractivity (Wildman–Crippen MR) is 63.7 cm³/mol. The zero-order valence-corrected chi connectivity index (χ0v) is 10.1. The number of unbranched alkanes of at least 4 members (excludes halogenated alkanes) is 1. The fourth-order valence-electron chi connectivity index (χ4n) is 1.24. The molecule has 0 spiro atoms. The van der Waals surface area contributed by atoms with Gasteiger partial charge in [-0.1, -0.05) is 13.3 Å². The van der Waals surface area contributed by atoms with Crippen LogP contribution >= 0.6 is 0 Å². The molecule has 0 atom stereocenters. The molecule has 5 nitrogen and oxygen atoms in total. The first kappa shape index (κ1) is 14.2. The van der Waals surface area contributed by atoms with Gasteiger partial charge in [-0.15, -0.1) is 0 Å². The van der Waals surface area contributed by atoms with Crippen molar-refractivity contribution in [3.63, 3.8) is 0 Å². The SMILES string of the molecule is CCCCN(CC)C(=NCCOC)NN. The summed E-state index contributed by atoms with van der Waals surface area (Å²) in [4.78, 5) is 6.48. The minimum atomic E-state index is 0.622. The van der Waals surface area contributed by atoms with Crippen molar-refractivity contribution in [1.82, 2.24) is 10.3 Å². The van der Waals surface area contributed by atoms with Crippen molar-refractivity contribution in [1.29, 1.82) is 0 Å². The van der Waals surface area contributed by atoms with Crippen LogP contribution in [0.5, 0.6) is 0 Å². The van der Waals surface area contributed by atoms with E-state index in [2.05, 4.69) is 29.2 Å². The number of aliphatic imine (C=N–C) groups is 1. The van der Waals surface area contributed by atoms with E-state index in [1.54, 1.807) is 7.11 Å². The molecule has 0 aromatic rings. The summed E-state index contributed by atoms with van der Waals surface area (Å²) in [5, 5.41) is 0. The molecule has 0 aliphatic rings. The third kappa shape index (κ3) is 6.30.